The van der Waals surface area contributed by atoms with Gasteiger partial charge in [0, 0.05) is 11.1 Å². The third-order valence-corrected chi connectivity index (χ3v) is 5.15. The molecule has 2 aromatic heterocycles. The highest BCUT2D eigenvalue weighted by Crippen LogP contribution is 2.34. The molecule has 0 saturated carbocycles. The number of hydrogen-bond acceptors (Lipinski definition) is 4. The van der Waals surface area contributed by atoms with E-state index < -0.39 is 18.2 Å². The van der Waals surface area contributed by atoms with E-state index in [9.17, 15) is 19.1 Å². The monoisotopic (exact) mass is 381 g/mol. The molecule has 130 valence electrons. The lowest BCUT2D eigenvalue weighted by Gasteiger charge is -2.06. The van der Waals surface area contributed by atoms with Gasteiger partial charge in [-0.05, 0) is 36.8 Å². The normalized spacial score (nSPS) is 11.0. The molecule has 8 heteroatoms. The number of nitrogens with zero attached hydrogens (tertiary/aromatic N) is 1. The summed E-state index contributed by atoms with van der Waals surface area (Å²) in [5.74, 6) is -2.20. The third-order valence-electron chi connectivity index (χ3n) is 3.93. The average Bonchev–Trinajstić information content (AvgIpc) is 3.10. The minimum absolute atomic E-state index is 0.0112. The molecule has 0 bridgehead atoms. The van der Waals surface area contributed by atoms with Crippen molar-refractivity contribution in [2.24, 2.45) is 0 Å². The van der Waals surface area contributed by atoms with Crippen LogP contribution in [0.4, 0.5) is 4.39 Å². The Hall–Kier alpha value is -2.38. The van der Waals surface area contributed by atoms with E-state index in [1.54, 1.807) is 25.1 Å². The molecule has 25 heavy (non-hydrogen) atoms. The van der Waals surface area contributed by atoms with Crippen LogP contribution in [0.2, 0.25) is 4.34 Å². The number of rotatable bonds is 4. The predicted molar refractivity (Wildman–Crippen MR) is 93.6 cm³/mol. The number of carboxylic acid groups (broad SMARTS) is 1. The van der Waals surface area contributed by atoms with E-state index in [1.807, 2.05) is 0 Å². The average molecular weight is 382 g/mol. The fourth-order valence-corrected chi connectivity index (χ4v) is 3.82. The van der Waals surface area contributed by atoms with E-state index >= 15 is 0 Å². The molecule has 3 aromatic rings. The zero-order valence-electron chi connectivity index (χ0n) is 13.3. The van der Waals surface area contributed by atoms with Crippen LogP contribution in [-0.4, -0.2) is 28.7 Å². The Morgan fingerprint density at radius 3 is 2.60 bits per heavy atom. The Bertz CT molecular complexity index is 1010. The van der Waals surface area contributed by atoms with Crippen molar-refractivity contribution in [2.75, 3.05) is 7.11 Å². The van der Waals surface area contributed by atoms with Crippen molar-refractivity contribution < 1.29 is 23.8 Å². The van der Waals surface area contributed by atoms with Crippen LogP contribution < -0.4 is 4.74 Å². The van der Waals surface area contributed by atoms with Crippen LogP contribution in [0.1, 0.15) is 20.9 Å². The first-order valence-corrected chi connectivity index (χ1v) is 8.42. The molecule has 0 unspecified atom stereocenters. The van der Waals surface area contributed by atoms with Crippen molar-refractivity contribution in [1.29, 1.82) is 0 Å². The van der Waals surface area contributed by atoms with Crippen molar-refractivity contribution >= 4 is 45.7 Å². The minimum Gasteiger partial charge on any atom is -0.494 e. The largest absolute Gasteiger partial charge is 0.494 e. The van der Waals surface area contributed by atoms with Crippen molar-refractivity contribution in [3.05, 3.63) is 50.6 Å². The number of carbonyl (C=O) groups excluding carboxylic acids is 1. The Kier molecular flexibility index (Phi) is 4.53. The number of ether oxygens (including phenoxy) is 1. The van der Waals surface area contributed by atoms with Crippen molar-refractivity contribution in [3.63, 3.8) is 0 Å². The van der Waals surface area contributed by atoms with Crippen LogP contribution >= 0.6 is 22.9 Å². The smallest absolute Gasteiger partial charge is 0.307 e. The number of carbonyl (C=O) groups is 2. The molecule has 0 amide bonds. The number of hydrogen-bond donors (Lipinski definition) is 1. The maximum atomic E-state index is 14.8. The number of aromatic nitrogens is 1. The quantitative estimate of drug-likeness (QED) is 0.737. The van der Waals surface area contributed by atoms with Gasteiger partial charge in [-0.25, -0.2) is 4.39 Å². The number of methoxy groups -OCH3 is 1. The van der Waals surface area contributed by atoms with Crippen LogP contribution in [0.25, 0.3) is 10.9 Å². The van der Waals surface area contributed by atoms with Gasteiger partial charge >= 0.3 is 5.97 Å². The van der Waals surface area contributed by atoms with Gasteiger partial charge in [-0.2, -0.15) is 0 Å². The topological polar surface area (TPSA) is 68.5 Å². The first-order chi connectivity index (χ1) is 11.8. The molecule has 0 aliphatic rings. The van der Waals surface area contributed by atoms with Gasteiger partial charge in [0.15, 0.2) is 11.6 Å². The molecule has 0 spiro atoms. The summed E-state index contributed by atoms with van der Waals surface area (Å²) in [6.07, 6.45) is -0.405. The zero-order chi connectivity index (χ0) is 18.3. The van der Waals surface area contributed by atoms with Crippen LogP contribution in [0.15, 0.2) is 24.3 Å². The summed E-state index contributed by atoms with van der Waals surface area (Å²) >= 11 is 6.99. The number of benzene rings is 1. The highest BCUT2D eigenvalue weighted by atomic mass is 35.5. The van der Waals surface area contributed by atoms with E-state index in [0.29, 0.717) is 20.4 Å². The summed E-state index contributed by atoms with van der Waals surface area (Å²) in [5, 5.41) is 9.25. The molecule has 0 fully saturated rings. The standard InChI is InChI=1S/C17H13ClFNO4S/c1-8-9(7-14(21)22)15-10(3-4-11(24-2)16(15)19)20(8)17(23)12-5-6-13(18)25-12/h3-6H,7H2,1-2H3,(H,21,22). The lowest BCUT2D eigenvalue weighted by molar-refractivity contribution is -0.136. The number of halogens is 2. The Labute approximate surface area is 151 Å². The molecule has 3 rings (SSSR count). The van der Waals surface area contributed by atoms with E-state index in [0.717, 1.165) is 11.3 Å². The molecule has 0 atom stereocenters. The lowest BCUT2D eigenvalue weighted by Crippen LogP contribution is -2.12. The van der Waals surface area contributed by atoms with Crippen molar-refractivity contribution in [1.82, 2.24) is 4.57 Å². The van der Waals surface area contributed by atoms with Crippen molar-refractivity contribution in [3.8, 4) is 5.75 Å². The molecule has 0 aliphatic carbocycles. The fourth-order valence-electron chi connectivity index (χ4n) is 2.84. The predicted octanol–water partition coefficient (Wildman–Crippen LogP) is 4.13. The second kappa shape index (κ2) is 6.50. The van der Waals surface area contributed by atoms with E-state index in [1.165, 1.54) is 17.7 Å². The summed E-state index contributed by atoms with van der Waals surface area (Å²) < 4.78 is 21.5. The Morgan fingerprint density at radius 2 is 2.04 bits per heavy atom. The van der Waals surface area contributed by atoms with Crippen LogP contribution in [0.5, 0.6) is 5.75 Å². The van der Waals surface area contributed by atoms with Gasteiger partial charge in [0.2, 0.25) is 0 Å². The second-order valence-corrected chi connectivity index (χ2v) is 7.07. The van der Waals surface area contributed by atoms with Gasteiger partial charge in [-0.3, -0.25) is 14.2 Å². The first-order valence-electron chi connectivity index (χ1n) is 7.23. The zero-order valence-corrected chi connectivity index (χ0v) is 14.9. The van der Waals surface area contributed by atoms with Crippen LogP contribution in [0, 0.1) is 12.7 Å². The van der Waals surface area contributed by atoms with Gasteiger partial charge < -0.3 is 9.84 Å². The Morgan fingerprint density at radius 1 is 1.32 bits per heavy atom. The SMILES string of the molecule is COc1ccc2c(c1F)c(CC(=O)O)c(C)n2C(=O)c1ccc(Cl)s1. The Balaban J connectivity index is 2.32. The summed E-state index contributed by atoms with van der Waals surface area (Å²) in [5.41, 5.74) is 0.913. The fraction of sp³-hybridized carbons (Fsp3) is 0.176. The van der Waals surface area contributed by atoms with Crippen LogP contribution in [-0.2, 0) is 11.2 Å². The molecular formula is C17H13ClFNO4S. The van der Waals surface area contributed by atoms with Crippen molar-refractivity contribution in [2.45, 2.75) is 13.3 Å². The summed E-state index contributed by atoms with van der Waals surface area (Å²) in [7, 11) is 1.32. The van der Waals surface area contributed by atoms with Gasteiger partial charge in [0.05, 0.1) is 28.3 Å². The number of thiophene rings is 1. The highest BCUT2D eigenvalue weighted by molar-refractivity contribution is 7.18. The van der Waals surface area contributed by atoms with Gasteiger partial charge in [-0.1, -0.05) is 11.6 Å². The summed E-state index contributed by atoms with van der Waals surface area (Å²) in [6, 6.07) is 6.13. The summed E-state index contributed by atoms with van der Waals surface area (Å²) in [6.45, 7) is 1.59. The number of aliphatic carboxylic acids is 1. The minimum atomic E-state index is -1.11. The molecule has 1 N–H and O–H groups in total. The van der Waals surface area contributed by atoms with Gasteiger partial charge in [-0.15, -0.1) is 11.3 Å². The summed E-state index contributed by atoms with van der Waals surface area (Å²) in [4.78, 5) is 24.5. The third kappa shape index (κ3) is 2.89. The number of fused-ring (bicyclic) bond motifs is 1. The molecule has 1 aromatic carbocycles. The molecule has 0 radical (unpaired) electrons. The van der Waals surface area contributed by atoms with E-state index in [2.05, 4.69) is 0 Å². The second-order valence-electron chi connectivity index (χ2n) is 5.35. The lowest BCUT2D eigenvalue weighted by atomic mass is 10.1. The number of carboxylic acids is 1. The van der Waals surface area contributed by atoms with Crippen LogP contribution in [0.3, 0.4) is 0 Å². The van der Waals surface area contributed by atoms with Gasteiger partial charge in [0.1, 0.15) is 0 Å². The maximum Gasteiger partial charge on any atom is 0.307 e. The molecule has 5 nitrogen and oxygen atoms in total. The van der Waals surface area contributed by atoms with Gasteiger partial charge in [0.25, 0.3) is 5.91 Å². The molecule has 2 heterocycles. The maximum absolute atomic E-state index is 14.8. The van der Waals surface area contributed by atoms with E-state index in [4.69, 9.17) is 16.3 Å². The molecule has 0 saturated heterocycles. The molecular weight excluding hydrogens is 369 g/mol. The van der Waals surface area contributed by atoms with E-state index in [-0.39, 0.29) is 22.6 Å². The molecule has 0 aliphatic heterocycles. The first kappa shape index (κ1) is 17.4. The highest BCUT2D eigenvalue weighted by Gasteiger charge is 2.25.